The number of halogens is 1. The van der Waals surface area contributed by atoms with E-state index in [9.17, 15) is 5.26 Å². The molecular weight excluding hydrogens is 442 g/mol. The summed E-state index contributed by atoms with van der Waals surface area (Å²) in [6, 6.07) is 4.30. The summed E-state index contributed by atoms with van der Waals surface area (Å²) < 4.78 is 13.3. The van der Waals surface area contributed by atoms with E-state index in [4.69, 9.17) is 31.9 Å². The van der Waals surface area contributed by atoms with Crippen LogP contribution in [0, 0.1) is 18.3 Å². The maximum Gasteiger partial charge on any atom is 0.164 e. The number of nitrogen functional groups attached to an aromatic ring is 1. The molecule has 5 rings (SSSR count). The van der Waals surface area contributed by atoms with E-state index in [1.807, 2.05) is 24.6 Å². The topological polar surface area (TPSA) is 115 Å². The molecule has 2 atom stereocenters. The lowest BCUT2D eigenvalue weighted by atomic mass is 9.84. The summed E-state index contributed by atoms with van der Waals surface area (Å²) >= 11 is 6.65. The molecule has 3 aromatic rings. The summed E-state index contributed by atoms with van der Waals surface area (Å²) in [6.45, 7) is 7.17. The van der Waals surface area contributed by atoms with Crippen molar-refractivity contribution in [2.45, 2.75) is 38.3 Å². The Bertz CT molecular complexity index is 1260. The molecule has 9 nitrogen and oxygen atoms in total. The molecule has 1 unspecified atom stereocenters. The van der Waals surface area contributed by atoms with E-state index in [1.54, 1.807) is 7.11 Å². The lowest BCUT2D eigenvalue weighted by molar-refractivity contribution is 0.0765. The second kappa shape index (κ2) is 8.45. The normalized spacial score (nSPS) is 20.0. The second-order valence-electron chi connectivity index (χ2n) is 8.71. The highest BCUT2D eigenvalue weighted by atomic mass is 35.5. The summed E-state index contributed by atoms with van der Waals surface area (Å²) in [5.41, 5.74) is 9.67. The van der Waals surface area contributed by atoms with Gasteiger partial charge in [-0.2, -0.15) is 10.4 Å². The van der Waals surface area contributed by atoms with Gasteiger partial charge in [0.05, 0.1) is 41.4 Å². The van der Waals surface area contributed by atoms with Gasteiger partial charge in [-0.3, -0.25) is 4.90 Å². The quantitative estimate of drug-likeness (QED) is 0.608. The first kappa shape index (κ1) is 21.9. The van der Waals surface area contributed by atoms with Crippen LogP contribution in [0.2, 0.25) is 5.02 Å². The molecule has 172 valence electrons. The first-order chi connectivity index (χ1) is 15.9. The van der Waals surface area contributed by atoms with Gasteiger partial charge < -0.3 is 15.2 Å². The smallest absolute Gasteiger partial charge is 0.164 e. The fraction of sp³-hybridized carbons (Fsp3) is 0.478. The molecule has 0 radical (unpaired) electrons. The number of anilines is 1. The Morgan fingerprint density at radius 1 is 1.36 bits per heavy atom. The zero-order valence-corrected chi connectivity index (χ0v) is 19.6. The van der Waals surface area contributed by atoms with Crippen molar-refractivity contribution >= 4 is 28.5 Å². The third-order valence-corrected chi connectivity index (χ3v) is 7.16. The number of nitrogens with zero attached hydrogens (tertiary/aromatic N) is 6. The number of nitrogens with two attached hydrogens (primary N) is 1. The van der Waals surface area contributed by atoms with Gasteiger partial charge in [0.1, 0.15) is 24.0 Å². The van der Waals surface area contributed by atoms with Crippen molar-refractivity contribution in [3.63, 3.8) is 0 Å². The predicted octanol–water partition coefficient (Wildman–Crippen LogP) is 3.05. The van der Waals surface area contributed by atoms with Gasteiger partial charge in [-0.15, -0.1) is 0 Å². The Morgan fingerprint density at radius 2 is 2.15 bits per heavy atom. The van der Waals surface area contributed by atoms with Crippen LogP contribution >= 0.6 is 11.6 Å². The molecule has 2 fully saturated rings. The van der Waals surface area contributed by atoms with Gasteiger partial charge in [-0.1, -0.05) is 11.6 Å². The molecule has 0 bridgehead atoms. The molecule has 4 heterocycles. The summed E-state index contributed by atoms with van der Waals surface area (Å²) in [5.74, 6) is 1.24. The standard InChI is InChI=1S/C23H26ClN7O2/c1-12-19-22(26)27-11-28-23(19)31(29-12)13(2)16-6-18(24)17(7-25)20(21(16)32-3)14-8-30(9-14)15-4-5-33-10-15/h6,11,13-15H,4-5,8-10H2,1-3H3,(H2,26,27,28)/t13-,15?/m0/s1. The van der Waals surface area contributed by atoms with Crippen LogP contribution < -0.4 is 10.5 Å². The first-order valence-corrected chi connectivity index (χ1v) is 11.4. The van der Waals surface area contributed by atoms with Crippen LogP contribution in [0.5, 0.6) is 5.75 Å². The van der Waals surface area contributed by atoms with Crippen LogP contribution in [0.25, 0.3) is 11.0 Å². The first-order valence-electron chi connectivity index (χ1n) is 11.0. The van der Waals surface area contributed by atoms with Gasteiger partial charge in [0, 0.05) is 42.8 Å². The number of methoxy groups -OCH3 is 1. The van der Waals surface area contributed by atoms with Crippen LogP contribution in [0.15, 0.2) is 12.4 Å². The number of hydrogen-bond donors (Lipinski definition) is 1. The molecule has 2 aromatic heterocycles. The van der Waals surface area contributed by atoms with Crippen LogP contribution in [-0.4, -0.2) is 64.1 Å². The molecule has 2 aliphatic rings. The minimum Gasteiger partial charge on any atom is -0.496 e. The van der Waals surface area contributed by atoms with Gasteiger partial charge in [0.2, 0.25) is 0 Å². The molecule has 2 aliphatic heterocycles. The lowest BCUT2D eigenvalue weighted by Crippen LogP contribution is -2.51. The zero-order chi connectivity index (χ0) is 23.3. The summed E-state index contributed by atoms with van der Waals surface area (Å²) in [5, 5.41) is 15.8. The molecule has 1 aromatic carbocycles. The number of benzene rings is 1. The van der Waals surface area contributed by atoms with E-state index in [0.29, 0.717) is 33.8 Å². The highest BCUT2D eigenvalue weighted by Crippen LogP contribution is 2.44. The Morgan fingerprint density at radius 3 is 2.82 bits per heavy atom. The maximum absolute atomic E-state index is 9.91. The second-order valence-corrected chi connectivity index (χ2v) is 9.12. The van der Waals surface area contributed by atoms with Crippen molar-refractivity contribution in [1.82, 2.24) is 24.6 Å². The molecule has 10 heteroatoms. The number of hydrogen-bond acceptors (Lipinski definition) is 8. The summed E-state index contributed by atoms with van der Waals surface area (Å²) in [6.07, 6.45) is 2.48. The minimum absolute atomic E-state index is 0.161. The van der Waals surface area contributed by atoms with E-state index < -0.39 is 0 Å². The van der Waals surface area contributed by atoms with Crippen molar-refractivity contribution < 1.29 is 9.47 Å². The average Bonchev–Trinajstić information content (AvgIpc) is 3.41. The van der Waals surface area contributed by atoms with E-state index in [1.165, 1.54) is 6.33 Å². The van der Waals surface area contributed by atoms with E-state index in [2.05, 4.69) is 20.9 Å². The van der Waals surface area contributed by atoms with Crippen LogP contribution in [0.4, 0.5) is 5.82 Å². The molecular formula is C23H26ClN7O2. The Kier molecular flexibility index (Phi) is 5.60. The van der Waals surface area contributed by atoms with Crippen molar-refractivity contribution in [3.05, 3.63) is 39.8 Å². The molecule has 33 heavy (non-hydrogen) atoms. The van der Waals surface area contributed by atoms with Gasteiger partial charge in [-0.25, -0.2) is 14.6 Å². The van der Waals surface area contributed by atoms with Crippen LogP contribution in [0.3, 0.4) is 0 Å². The van der Waals surface area contributed by atoms with Crippen molar-refractivity contribution in [1.29, 1.82) is 5.26 Å². The van der Waals surface area contributed by atoms with Gasteiger partial charge in [0.15, 0.2) is 5.65 Å². The molecule has 0 amide bonds. The SMILES string of the molecule is COc1c([C@H](C)n2nc(C)c3c(N)ncnc32)cc(Cl)c(C#N)c1C1CN(C2CCOC2)C1. The molecule has 2 saturated heterocycles. The van der Waals surface area contributed by atoms with Crippen LogP contribution in [-0.2, 0) is 4.74 Å². The third-order valence-electron chi connectivity index (χ3n) is 6.86. The van der Waals surface area contributed by atoms with Crippen molar-refractivity contribution in [2.75, 3.05) is 39.1 Å². The van der Waals surface area contributed by atoms with E-state index >= 15 is 0 Å². The highest BCUT2D eigenvalue weighted by molar-refractivity contribution is 6.32. The Labute approximate surface area is 197 Å². The number of ether oxygens (including phenoxy) is 2. The highest BCUT2D eigenvalue weighted by Gasteiger charge is 2.39. The number of fused-ring (bicyclic) bond motifs is 1. The van der Waals surface area contributed by atoms with E-state index in [0.717, 1.165) is 54.9 Å². The summed E-state index contributed by atoms with van der Waals surface area (Å²) in [4.78, 5) is 10.9. The number of nitriles is 1. The van der Waals surface area contributed by atoms with Crippen LogP contribution in [0.1, 0.15) is 47.7 Å². The lowest BCUT2D eigenvalue weighted by Gasteiger charge is -2.44. The third kappa shape index (κ3) is 3.50. The Hall–Kier alpha value is -2.93. The molecule has 2 N–H and O–H groups in total. The van der Waals surface area contributed by atoms with E-state index in [-0.39, 0.29) is 12.0 Å². The van der Waals surface area contributed by atoms with Crippen molar-refractivity contribution in [3.8, 4) is 11.8 Å². The molecule has 0 aliphatic carbocycles. The monoisotopic (exact) mass is 467 g/mol. The minimum atomic E-state index is -0.256. The molecule has 0 spiro atoms. The maximum atomic E-state index is 9.91. The fourth-order valence-electron chi connectivity index (χ4n) is 5.09. The van der Waals surface area contributed by atoms with Crippen molar-refractivity contribution in [2.24, 2.45) is 0 Å². The predicted molar refractivity (Wildman–Crippen MR) is 125 cm³/mol. The van der Waals surface area contributed by atoms with Gasteiger partial charge in [0.25, 0.3) is 0 Å². The van der Waals surface area contributed by atoms with Gasteiger partial charge in [-0.05, 0) is 26.3 Å². The van der Waals surface area contributed by atoms with Gasteiger partial charge >= 0.3 is 0 Å². The Balaban J connectivity index is 1.58. The number of rotatable bonds is 5. The fourth-order valence-corrected chi connectivity index (χ4v) is 5.35. The number of likely N-dealkylation sites (tertiary alicyclic amines) is 1. The average molecular weight is 468 g/mol. The number of aryl methyl sites for hydroxylation is 1. The zero-order valence-electron chi connectivity index (χ0n) is 18.9. The summed E-state index contributed by atoms with van der Waals surface area (Å²) in [7, 11) is 1.64. The largest absolute Gasteiger partial charge is 0.496 e. The number of aromatic nitrogens is 4. The molecule has 0 saturated carbocycles.